The van der Waals surface area contributed by atoms with Crippen LogP contribution < -0.4 is 0 Å². The van der Waals surface area contributed by atoms with Gasteiger partial charge in [-0.15, -0.1) is 0 Å². The first-order valence-corrected chi connectivity index (χ1v) is 8.71. The lowest BCUT2D eigenvalue weighted by Gasteiger charge is -2.30. The Morgan fingerprint density at radius 3 is 3.05 bits per heavy atom. The highest BCUT2D eigenvalue weighted by Crippen LogP contribution is 2.50. The van der Waals surface area contributed by atoms with Crippen molar-refractivity contribution in [3.05, 3.63) is 35.5 Å². The van der Waals surface area contributed by atoms with Crippen LogP contribution in [-0.4, -0.2) is 34.7 Å². The molecule has 2 N–H and O–H groups in total. The molecule has 2 aromatic rings. The van der Waals surface area contributed by atoms with Crippen LogP contribution in [-0.2, 0) is 6.42 Å². The Labute approximate surface area is 132 Å². The van der Waals surface area contributed by atoms with Crippen LogP contribution in [0.2, 0.25) is 0 Å². The van der Waals surface area contributed by atoms with Crippen LogP contribution in [0, 0.1) is 5.41 Å². The minimum absolute atomic E-state index is 0.323. The van der Waals surface area contributed by atoms with E-state index in [1.165, 1.54) is 42.5 Å². The van der Waals surface area contributed by atoms with Gasteiger partial charge in [-0.05, 0) is 49.1 Å². The first kappa shape index (κ1) is 14.3. The van der Waals surface area contributed by atoms with Crippen molar-refractivity contribution in [2.75, 3.05) is 19.7 Å². The third kappa shape index (κ3) is 2.10. The van der Waals surface area contributed by atoms with Crippen molar-refractivity contribution in [3.8, 4) is 0 Å². The summed E-state index contributed by atoms with van der Waals surface area (Å²) in [5.74, 6) is 0. The summed E-state index contributed by atoms with van der Waals surface area (Å²) < 4.78 is 0. The Kier molecular flexibility index (Phi) is 3.50. The molecule has 3 heteroatoms. The molecule has 0 saturated carbocycles. The number of para-hydroxylation sites is 1. The highest BCUT2D eigenvalue weighted by atomic mass is 16.2. The normalized spacial score (nSPS) is 28.0. The van der Waals surface area contributed by atoms with E-state index in [9.17, 15) is 5.11 Å². The zero-order valence-corrected chi connectivity index (χ0v) is 13.4. The highest BCUT2D eigenvalue weighted by Gasteiger charge is 2.45. The quantitative estimate of drug-likeness (QED) is 0.904. The summed E-state index contributed by atoms with van der Waals surface area (Å²) in [5.41, 5.74) is 4.70. The molecule has 1 saturated heterocycles. The number of benzene rings is 1. The lowest BCUT2D eigenvalue weighted by Crippen LogP contribution is -2.32. The van der Waals surface area contributed by atoms with E-state index in [4.69, 9.17) is 0 Å². The van der Waals surface area contributed by atoms with Crippen molar-refractivity contribution in [3.63, 3.8) is 0 Å². The third-order valence-corrected chi connectivity index (χ3v) is 6.05. The number of hydrogen-bond donors (Lipinski definition) is 2. The van der Waals surface area contributed by atoms with Crippen LogP contribution in [0.1, 0.15) is 49.9 Å². The largest absolute Gasteiger partial charge is 0.396 e. The van der Waals surface area contributed by atoms with Crippen molar-refractivity contribution in [2.24, 2.45) is 5.41 Å². The fourth-order valence-electron chi connectivity index (χ4n) is 4.76. The predicted molar refractivity (Wildman–Crippen MR) is 90.0 cm³/mol. The molecule has 0 amide bonds. The predicted octanol–water partition coefficient (Wildman–Crippen LogP) is 3.64. The number of aliphatic hydroxyl groups is 1. The van der Waals surface area contributed by atoms with E-state index < -0.39 is 0 Å². The van der Waals surface area contributed by atoms with Gasteiger partial charge in [-0.25, -0.2) is 0 Å². The van der Waals surface area contributed by atoms with Gasteiger partial charge in [0.1, 0.15) is 0 Å². The molecule has 0 unspecified atom stereocenters. The van der Waals surface area contributed by atoms with E-state index in [-0.39, 0.29) is 0 Å². The average Bonchev–Trinajstić information content (AvgIpc) is 3.11. The van der Waals surface area contributed by atoms with Gasteiger partial charge in [-0.1, -0.05) is 25.1 Å². The molecule has 118 valence electrons. The molecule has 2 aliphatic heterocycles. The van der Waals surface area contributed by atoms with Gasteiger partial charge in [-0.2, -0.15) is 0 Å². The molecule has 1 aromatic carbocycles. The van der Waals surface area contributed by atoms with E-state index in [0.717, 1.165) is 19.3 Å². The number of aromatic nitrogens is 1. The molecular weight excluding hydrogens is 272 g/mol. The van der Waals surface area contributed by atoms with Crippen LogP contribution in [0.25, 0.3) is 10.9 Å². The molecule has 3 heterocycles. The minimum atomic E-state index is 0.323. The molecule has 22 heavy (non-hydrogen) atoms. The zero-order chi connectivity index (χ0) is 15.2. The SMILES string of the molecule is CC[C@]1(CCCO)C[C@H]2c3[nH]c4ccccc4c3CCN2C1. The van der Waals surface area contributed by atoms with Gasteiger partial charge in [0.2, 0.25) is 0 Å². The van der Waals surface area contributed by atoms with Gasteiger partial charge in [0.15, 0.2) is 0 Å². The van der Waals surface area contributed by atoms with Gasteiger partial charge >= 0.3 is 0 Å². The monoisotopic (exact) mass is 298 g/mol. The van der Waals surface area contributed by atoms with Crippen molar-refractivity contribution >= 4 is 10.9 Å². The third-order valence-electron chi connectivity index (χ3n) is 6.05. The molecule has 3 nitrogen and oxygen atoms in total. The summed E-state index contributed by atoms with van der Waals surface area (Å²) in [7, 11) is 0. The molecule has 1 fully saturated rings. The summed E-state index contributed by atoms with van der Waals surface area (Å²) in [4.78, 5) is 6.39. The summed E-state index contributed by atoms with van der Waals surface area (Å²) in [6.45, 7) is 5.02. The second kappa shape index (κ2) is 5.39. The number of H-pyrrole nitrogens is 1. The minimum Gasteiger partial charge on any atom is -0.396 e. The first-order chi connectivity index (χ1) is 10.8. The Balaban J connectivity index is 1.70. The van der Waals surface area contributed by atoms with Crippen molar-refractivity contribution in [2.45, 2.75) is 45.1 Å². The van der Waals surface area contributed by atoms with E-state index >= 15 is 0 Å². The second-order valence-electron chi connectivity index (χ2n) is 7.18. The van der Waals surface area contributed by atoms with E-state index in [1.54, 1.807) is 5.56 Å². The molecule has 4 rings (SSSR count). The van der Waals surface area contributed by atoms with Crippen LogP contribution in [0.4, 0.5) is 0 Å². The number of nitrogens with one attached hydrogen (secondary N) is 1. The van der Waals surface area contributed by atoms with Gasteiger partial charge in [0, 0.05) is 36.3 Å². The Morgan fingerprint density at radius 1 is 1.36 bits per heavy atom. The Bertz CT molecular complexity index is 677. The fraction of sp³-hybridized carbons (Fsp3) is 0.579. The lowest BCUT2D eigenvalue weighted by atomic mass is 9.78. The van der Waals surface area contributed by atoms with Gasteiger partial charge < -0.3 is 10.1 Å². The smallest absolute Gasteiger partial charge is 0.0507 e. The Morgan fingerprint density at radius 2 is 2.23 bits per heavy atom. The molecule has 2 aliphatic rings. The summed E-state index contributed by atoms with van der Waals surface area (Å²) in [6.07, 6.45) is 5.71. The van der Waals surface area contributed by atoms with E-state index in [2.05, 4.69) is 41.1 Å². The van der Waals surface area contributed by atoms with Crippen LogP contribution in [0.15, 0.2) is 24.3 Å². The van der Waals surface area contributed by atoms with E-state index in [1.807, 2.05) is 0 Å². The number of hydrogen-bond acceptors (Lipinski definition) is 2. The average molecular weight is 298 g/mol. The molecule has 0 aliphatic carbocycles. The van der Waals surface area contributed by atoms with Gasteiger partial charge in [0.25, 0.3) is 0 Å². The zero-order valence-electron chi connectivity index (χ0n) is 13.4. The van der Waals surface area contributed by atoms with Crippen molar-refractivity contribution in [1.29, 1.82) is 0 Å². The molecular formula is C19H26N2O. The summed E-state index contributed by atoms with van der Waals surface area (Å²) >= 11 is 0. The van der Waals surface area contributed by atoms with Crippen molar-refractivity contribution < 1.29 is 5.11 Å². The van der Waals surface area contributed by atoms with Crippen LogP contribution in [0.3, 0.4) is 0 Å². The number of rotatable bonds is 4. The van der Waals surface area contributed by atoms with Crippen LogP contribution in [0.5, 0.6) is 0 Å². The Hall–Kier alpha value is -1.32. The maximum atomic E-state index is 9.23. The lowest BCUT2D eigenvalue weighted by molar-refractivity contribution is 0.193. The summed E-state index contributed by atoms with van der Waals surface area (Å²) in [5, 5.41) is 10.6. The number of nitrogens with zero attached hydrogens (tertiary/aromatic N) is 1. The first-order valence-electron chi connectivity index (χ1n) is 8.71. The molecule has 2 atom stereocenters. The van der Waals surface area contributed by atoms with Crippen molar-refractivity contribution in [1.82, 2.24) is 9.88 Å². The van der Waals surface area contributed by atoms with Gasteiger partial charge in [0.05, 0.1) is 6.04 Å². The fourth-order valence-corrected chi connectivity index (χ4v) is 4.76. The number of fused-ring (bicyclic) bond motifs is 5. The second-order valence-corrected chi connectivity index (χ2v) is 7.18. The highest BCUT2D eigenvalue weighted by molar-refractivity contribution is 5.85. The number of aliphatic hydroxyl groups excluding tert-OH is 1. The molecule has 1 aromatic heterocycles. The topological polar surface area (TPSA) is 39.3 Å². The number of aromatic amines is 1. The molecule has 0 spiro atoms. The summed E-state index contributed by atoms with van der Waals surface area (Å²) in [6, 6.07) is 9.28. The van der Waals surface area contributed by atoms with Crippen LogP contribution >= 0.6 is 0 Å². The van der Waals surface area contributed by atoms with E-state index in [0.29, 0.717) is 18.1 Å². The standard InChI is InChI=1S/C19H26N2O/c1-2-19(9-5-11-22)12-17-18-15(8-10-21(17)13-19)14-6-3-4-7-16(14)20-18/h3-4,6-7,17,20,22H,2,5,8-13H2,1H3/t17-,19-/m0/s1. The maximum Gasteiger partial charge on any atom is 0.0507 e. The molecule has 0 radical (unpaired) electrons. The van der Waals surface area contributed by atoms with Gasteiger partial charge in [-0.3, -0.25) is 4.90 Å². The maximum absolute atomic E-state index is 9.23. The molecule has 0 bridgehead atoms.